The van der Waals surface area contributed by atoms with E-state index in [4.69, 9.17) is 21.3 Å². The number of morpholine rings is 1. The van der Waals surface area contributed by atoms with E-state index in [9.17, 15) is 13.7 Å². The van der Waals surface area contributed by atoms with E-state index in [1.165, 1.54) is 30.3 Å². The van der Waals surface area contributed by atoms with Crippen LogP contribution in [0.2, 0.25) is 5.02 Å². The Hall–Kier alpha value is -2.92. The fraction of sp³-hybridized carbons (Fsp3) is 0.182. The number of rotatable bonds is 4. The van der Waals surface area contributed by atoms with Crippen molar-refractivity contribution >= 4 is 44.2 Å². The van der Waals surface area contributed by atoms with Crippen molar-refractivity contribution in [2.24, 2.45) is 0 Å². The topological polar surface area (TPSA) is 83.3 Å². The summed E-state index contributed by atoms with van der Waals surface area (Å²) in [6.07, 6.45) is 1.40. The third kappa shape index (κ3) is 4.03. The fourth-order valence-electron chi connectivity index (χ4n) is 3.31. The van der Waals surface area contributed by atoms with Crippen molar-refractivity contribution in [3.63, 3.8) is 0 Å². The summed E-state index contributed by atoms with van der Waals surface area (Å²) in [6.45, 7) is 2.40. The number of hydrogen-bond acceptors (Lipinski definition) is 6. The number of pyridine rings is 1. The maximum absolute atomic E-state index is 13.0. The van der Waals surface area contributed by atoms with Crippen LogP contribution in [-0.2, 0) is 14.6 Å². The Morgan fingerprint density at radius 2 is 1.83 bits per heavy atom. The molecule has 0 atom stereocenters. The van der Waals surface area contributed by atoms with Gasteiger partial charge in [0.05, 0.1) is 23.6 Å². The maximum atomic E-state index is 13.0. The lowest BCUT2D eigenvalue weighted by atomic mass is 10.1. The van der Waals surface area contributed by atoms with E-state index in [-0.39, 0.29) is 9.80 Å². The van der Waals surface area contributed by atoms with E-state index >= 15 is 0 Å². The van der Waals surface area contributed by atoms with E-state index in [1.54, 1.807) is 0 Å². The number of aromatic nitrogens is 1. The summed E-state index contributed by atoms with van der Waals surface area (Å²) in [4.78, 5) is 6.47. The lowest BCUT2D eigenvalue weighted by molar-refractivity contribution is 0.122. The number of nitriles is 1. The van der Waals surface area contributed by atoms with Crippen LogP contribution >= 0.6 is 11.6 Å². The smallest absolute Gasteiger partial charge is 0.216 e. The largest absolute Gasteiger partial charge is 0.378 e. The maximum Gasteiger partial charge on any atom is 0.216 e. The van der Waals surface area contributed by atoms with Crippen LogP contribution in [-0.4, -0.2) is 39.7 Å². The third-order valence-corrected chi connectivity index (χ3v) is 6.79. The zero-order valence-electron chi connectivity index (χ0n) is 16.0. The highest BCUT2D eigenvalue weighted by Gasteiger charge is 2.23. The third-order valence-electron chi connectivity index (χ3n) is 4.85. The Balaban J connectivity index is 1.86. The molecule has 4 rings (SSSR count). The number of benzene rings is 2. The van der Waals surface area contributed by atoms with Crippen LogP contribution in [0.4, 0.5) is 5.82 Å². The molecule has 0 amide bonds. The summed E-state index contributed by atoms with van der Waals surface area (Å²) in [5, 5.41) is 11.0. The minimum absolute atomic E-state index is 0.0152. The molecule has 30 heavy (non-hydrogen) atoms. The molecule has 0 bridgehead atoms. The molecular weight excluding hydrogens is 422 g/mol. The van der Waals surface area contributed by atoms with Crippen molar-refractivity contribution in [2.45, 2.75) is 4.90 Å². The van der Waals surface area contributed by atoms with Gasteiger partial charge in [0.15, 0.2) is 0 Å². The van der Waals surface area contributed by atoms with Gasteiger partial charge < -0.3 is 9.64 Å². The summed E-state index contributed by atoms with van der Waals surface area (Å²) >= 11 is 5.87. The van der Waals surface area contributed by atoms with Gasteiger partial charge in [-0.2, -0.15) is 5.26 Å². The van der Waals surface area contributed by atoms with Crippen molar-refractivity contribution in [3.8, 4) is 6.07 Å². The quantitative estimate of drug-likeness (QED) is 0.570. The molecule has 1 aliphatic heterocycles. The highest BCUT2D eigenvalue weighted by molar-refractivity contribution is 7.95. The number of nitrogens with zero attached hydrogens (tertiary/aromatic N) is 3. The van der Waals surface area contributed by atoms with Gasteiger partial charge in [-0.3, -0.25) is 0 Å². The van der Waals surface area contributed by atoms with Crippen LogP contribution in [0.25, 0.3) is 17.0 Å². The number of ether oxygens (including phenoxy) is 1. The number of sulfone groups is 1. The molecule has 1 fully saturated rings. The van der Waals surface area contributed by atoms with Crippen molar-refractivity contribution in [1.29, 1.82) is 5.26 Å². The van der Waals surface area contributed by atoms with Crippen LogP contribution in [0.5, 0.6) is 0 Å². The van der Waals surface area contributed by atoms with Crippen molar-refractivity contribution in [2.75, 3.05) is 31.2 Å². The van der Waals surface area contributed by atoms with E-state index in [0.29, 0.717) is 42.7 Å². The Bertz CT molecular complexity index is 1260. The molecule has 152 valence electrons. The van der Waals surface area contributed by atoms with Gasteiger partial charge in [-0.1, -0.05) is 29.8 Å². The Morgan fingerprint density at radius 1 is 1.13 bits per heavy atom. The molecule has 0 radical (unpaired) electrons. The monoisotopic (exact) mass is 439 g/mol. The van der Waals surface area contributed by atoms with Crippen LogP contribution in [0.3, 0.4) is 0 Å². The molecule has 0 spiro atoms. The van der Waals surface area contributed by atoms with Crippen LogP contribution in [0.1, 0.15) is 5.56 Å². The summed E-state index contributed by atoms with van der Waals surface area (Å²) < 4.78 is 31.5. The Morgan fingerprint density at radius 3 is 2.53 bits per heavy atom. The van der Waals surface area contributed by atoms with Gasteiger partial charge in [0.1, 0.15) is 16.8 Å². The average Bonchev–Trinajstić information content (AvgIpc) is 2.77. The zero-order chi connectivity index (χ0) is 21.1. The average molecular weight is 440 g/mol. The molecule has 0 unspecified atom stereocenters. The molecule has 1 aromatic heterocycles. The van der Waals surface area contributed by atoms with E-state index < -0.39 is 9.84 Å². The second-order valence-corrected chi connectivity index (χ2v) is 9.13. The first kappa shape index (κ1) is 20.4. The van der Waals surface area contributed by atoms with E-state index in [2.05, 4.69) is 0 Å². The standard InChI is InChI=1S/C22H18ClN3O3S/c23-18-5-7-19(8-6-18)30(27,28)20(15-24)14-17-13-16-3-1-2-4-21(16)25-22(17)26-9-11-29-12-10-26/h1-8,13-14H,9-12H2/b20-14+. The molecule has 3 aromatic rings. The zero-order valence-corrected chi connectivity index (χ0v) is 17.5. The van der Waals surface area contributed by atoms with Gasteiger partial charge in [-0.25, -0.2) is 13.4 Å². The van der Waals surface area contributed by atoms with Crippen molar-refractivity contribution in [1.82, 2.24) is 4.98 Å². The Labute approximate surface area is 179 Å². The van der Waals surface area contributed by atoms with Crippen LogP contribution < -0.4 is 4.90 Å². The number of fused-ring (bicyclic) bond motifs is 1. The molecule has 1 aliphatic rings. The molecule has 2 heterocycles. The predicted octanol–water partition coefficient (Wildman–Crippen LogP) is 4.06. The lowest BCUT2D eigenvalue weighted by Crippen LogP contribution is -2.37. The number of allylic oxidation sites excluding steroid dienone is 1. The van der Waals surface area contributed by atoms with E-state index in [0.717, 1.165) is 10.9 Å². The number of anilines is 1. The Kier molecular flexibility index (Phi) is 5.73. The molecule has 6 nitrogen and oxygen atoms in total. The number of halogens is 1. The molecule has 1 saturated heterocycles. The normalized spacial score (nSPS) is 15.2. The van der Waals surface area contributed by atoms with Gasteiger partial charge in [0.2, 0.25) is 9.84 Å². The molecule has 8 heteroatoms. The molecule has 2 aromatic carbocycles. The second-order valence-electron chi connectivity index (χ2n) is 6.77. The van der Waals surface area contributed by atoms with Crippen LogP contribution in [0.15, 0.2) is 64.4 Å². The van der Waals surface area contributed by atoms with Gasteiger partial charge in [-0.05, 0) is 42.5 Å². The second kappa shape index (κ2) is 8.44. The molecule has 0 N–H and O–H groups in total. The summed E-state index contributed by atoms with van der Waals surface area (Å²) in [7, 11) is -4.00. The summed E-state index contributed by atoms with van der Waals surface area (Å²) in [6, 6.07) is 17.1. The van der Waals surface area contributed by atoms with Gasteiger partial charge in [0.25, 0.3) is 0 Å². The first-order valence-corrected chi connectivity index (χ1v) is 11.2. The fourth-order valence-corrected chi connectivity index (χ4v) is 4.59. The minimum Gasteiger partial charge on any atom is -0.378 e. The van der Waals surface area contributed by atoms with E-state index in [1.807, 2.05) is 41.3 Å². The number of para-hydroxylation sites is 1. The van der Waals surface area contributed by atoms with Gasteiger partial charge >= 0.3 is 0 Å². The minimum atomic E-state index is -4.00. The molecule has 0 aliphatic carbocycles. The van der Waals surface area contributed by atoms with Crippen molar-refractivity contribution in [3.05, 3.63) is 70.1 Å². The predicted molar refractivity (Wildman–Crippen MR) is 117 cm³/mol. The first-order valence-electron chi connectivity index (χ1n) is 9.34. The highest BCUT2D eigenvalue weighted by atomic mass is 35.5. The summed E-state index contributed by atoms with van der Waals surface area (Å²) in [5.74, 6) is 0.635. The molecule has 0 saturated carbocycles. The first-order chi connectivity index (χ1) is 14.5. The number of hydrogen-bond donors (Lipinski definition) is 0. The van der Waals surface area contributed by atoms with Gasteiger partial charge in [-0.15, -0.1) is 0 Å². The highest BCUT2D eigenvalue weighted by Crippen LogP contribution is 2.29. The van der Waals surface area contributed by atoms with Crippen LogP contribution in [0, 0.1) is 11.3 Å². The van der Waals surface area contributed by atoms with Gasteiger partial charge in [0, 0.05) is 29.1 Å². The van der Waals surface area contributed by atoms with Crippen molar-refractivity contribution < 1.29 is 13.2 Å². The molecular formula is C22H18ClN3O3S. The summed E-state index contributed by atoms with van der Waals surface area (Å²) in [5.41, 5.74) is 1.37. The lowest BCUT2D eigenvalue weighted by Gasteiger charge is -2.29. The SMILES string of the molecule is N#C/C(=C\c1cc2ccccc2nc1N1CCOCC1)S(=O)(=O)c1ccc(Cl)cc1.